The minimum Gasteiger partial charge on any atom is -0.506 e. The Labute approximate surface area is 73.0 Å². The summed E-state index contributed by atoms with van der Waals surface area (Å²) in [6, 6.07) is 0.856. The molecule has 5 heteroatoms. The number of alkyl halides is 3. The lowest BCUT2D eigenvalue weighted by atomic mass is 10.1. The van der Waals surface area contributed by atoms with Gasteiger partial charge in [-0.2, -0.15) is 13.2 Å². The van der Waals surface area contributed by atoms with Crippen molar-refractivity contribution in [2.24, 2.45) is 0 Å². The molecule has 1 heterocycles. The van der Waals surface area contributed by atoms with Crippen molar-refractivity contribution in [3.63, 3.8) is 0 Å². The van der Waals surface area contributed by atoms with Gasteiger partial charge in [0.2, 0.25) is 0 Å². The number of hydrogen-bond acceptors (Lipinski definition) is 2. The third-order valence-electron chi connectivity index (χ3n) is 1.64. The van der Waals surface area contributed by atoms with Gasteiger partial charge in [-0.15, -0.1) is 0 Å². The van der Waals surface area contributed by atoms with Crippen molar-refractivity contribution in [1.82, 2.24) is 4.98 Å². The molecule has 72 valence electrons. The molecule has 0 saturated heterocycles. The van der Waals surface area contributed by atoms with Crippen molar-refractivity contribution in [3.8, 4) is 5.75 Å². The summed E-state index contributed by atoms with van der Waals surface area (Å²) < 4.78 is 36.3. The molecule has 0 aliphatic rings. The van der Waals surface area contributed by atoms with Crippen LogP contribution in [0.5, 0.6) is 5.75 Å². The SMILES string of the molecule is CCc1cc(C(F)(F)F)ncc1O. The van der Waals surface area contributed by atoms with Gasteiger partial charge in [-0.25, -0.2) is 4.98 Å². The van der Waals surface area contributed by atoms with Crippen LogP contribution in [0.2, 0.25) is 0 Å². The largest absolute Gasteiger partial charge is 0.506 e. The van der Waals surface area contributed by atoms with E-state index < -0.39 is 11.9 Å². The highest BCUT2D eigenvalue weighted by Gasteiger charge is 2.32. The Morgan fingerprint density at radius 1 is 1.46 bits per heavy atom. The van der Waals surface area contributed by atoms with Crippen LogP contribution in [-0.4, -0.2) is 10.1 Å². The summed E-state index contributed by atoms with van der Waals surface area (Å²) in [5.41, 5.74) is -0.718. The highest BCUT2D eigenvalue weighted by atomic mass is 19.4. The van der Waals surface area contributed by atoms with Crippen molar-refractivity contribution in [1.29, 1.82) is 0 Å². The molecule has 1 rings (SSSR count). The van der Waals surface area contributed by atoms with Crippen molar-refractivity contribution in [2.75, 3.05) is 0 Å². The van der Waals surface area contributed by atoms with Gasteiger partial charge in [-0.1, -0.05) is 6.92 Å². The number of rotatable bonds is 1. The molecular formula is C8H8F3NO. The van der Waals surface area contributed by atoms with Crippen LogP contribution in [0, 0.1) is 0 Å². The van der Waals surface area contributed by atoms with Crippen LogP contribution in [-0.2, 0) is 12.6 Å². The zero-order valence-corrected chi connectivity index (χ0v) is 6.89. The predicted octanol–water partition coefficient (Wildman–Crippen LogP) is 2.37. The minimum atomic E-state index is -4.45. The topological polar surface area (TPSA) is 33.1 Å². The Morgan fingerprint density at radius 3 is 2.54 bits per heavy atom. The summed E-state index contributed by atoms with van der Waals surface area (Å²) >= 11 is 0. The van der Waals surface area contributed by atoms with Crippen LogP contribution >= 0.6 is 0 Å². The van der Waals surface area contributed by atoms with Gasteiger partial charge < -0.3 is 5.11 Å². The van der Waals surface area contributed by atoms with Crippen molar-refractivity contribution < 1.29 is 18.3 Å². The van der Waals surface area contributed by atoms with E-state index in [0.717, 1.165) is 12.3 Å². The maximum absolute atomic E-state index is 12.1. The van der Waals surface area contributed by atoms with E-state index in [1.165, 1.54) is 0 Å². The molecule has 1 aromatic heterocycles. The number of halogens is 3. The summed E-state index contributed by atoms with van der Waals surface area (Å²) in [4.78, 5) is 3.08. The summed E-state index contributed by atoms with van der Waals surface area (Å²) in [5, 5.41) is 9.07. The predicted molar refractivity (Wildman–Crippen MR) is 40.3 cm³/mol. The lowest BCUT2D eigenvalue weighted by Crippen LogP contribution is -2.08. The van der Waals surface area contributed by atoms with Crippen LogP contribution in [0.3, 0.4) is 0 Å². The van der Waals surface area contributed by atoms with Gasteiger partial charge in [0.15, 0.2) is 0 Å². The summed E-state index contributed by atoms with van der Waals surface area (Å²) in [5.74, 6) is -0.199. The molecule has 13 heavy (non-hydrogen) atoms. The van der Waals surface area contributed by atoms with Crippen LogP contribution in [0.15, 0.2) is 12.3 Å². The van der Waals surface area contributed by atoms with E-state index in [2.05, 4.69) is 4.98 Å². The number of aromatic hydroxyl groups is 1. The highest BCUT2D eigenvalue weighted by molar-refractivity contribution is 5.31. The normalized spacial score (nSPS) is 11.7. The molecule has 2 nitrogen and oxygen atoms in total. The first kappa shape index (κ1) is 9.83. The fourth-order valence-electron chi connectivity index (χ4n) is 0.928. The summed E-state index contributed by atoms with van der Waals surface area (Å²) in [6.45, 7) is 1.66. The lowest BCUT2D eigenvalue weighted by molar-refractivity contribution is -0.141. The van der Waals surface area contributed by atoms with Gasteiger partial charge >= 0.3 is 6.18 Å². The molecule has 0 fully saturated rings. The molecule has 0 aliphatic heterocycles. The average molecular weight is 191 g/mol. The van der Waals surface area contributed by atoms with E-state index in [4.69, 9.17) is 5.11 Å². The van der Waals surface area contributed by atoms with Crippen LogP contribution in [0.25, 0.3) is 0 Å². The third kappa shape index (κ3) is 2.11. The molecule has 0 aromatic carbocycles. The third-order valence-corrected chi connectivity index (χ3v) is 1.64. The van der Waals surface area contributed by atoms with Gasteiger partial charge in [0.1, 0.15) is 11.4 Å². The average Bonchev–Trinajstić information content (AvgIpc) is 2.03. The summed E-state index contributed by atoms with van der Waals surface area (Å²) in [6.07, 6.45) is -3.28. The van der Waals surface area contributed by atoms with Crippen LogP contribution in [0.1, 0.15) is 18.2 Å². The van der Waals surface area contributed by atoms with Gasteiger partial charge in [0.25, 0.3) is 0 Å². The molecule has 1 N–H and O–H groups in total. The fourth-order valence-corrected chi connectivity index (χ4v) is 0.928. The number of aromatic nitrogens is 1. The van der Waals surface area contributed by atoms with E-state index in [1.54, 1.807) is 6.92 Å². The molecule has 1 aromatic rings. The standard InChI is InChI=1S/C8H8F3NO/c1-2-5-3-7(8(9,10)11)12-4-6(5)13/h3-4,13H,2H2,1H3. The second-order valence-electron chi connectivity index (χ2n) is 2.55. The van der Waals surface area contributed by atoms with E-state index >= 15 is 0 Å². The first-order valence-electron chi connectivity index (χ1n) is 3.70. The molecule has 0 saturated carbocycles. The van der Waals surface area contributed by atoms with Crippen molar-refractivity contribution >= 4 is 0 Å². The van der Waals surface area contributed by atoms with Crippen LogP contribution in [0.4, 0.5) is 13.2 Å². The Kier molecular flexibility index (Phi) is 2.45. The van der Waals surface area contributed by atoms with E-state index in [0.29, 0.717) is 6.42 Å². The van der Waals surface area contributed by atoms with E-state index in [-0.39, 0.29) is 11.3 Å². The quantitative estimate of drug-likeness (QED) is 0.739. The van der Waals surface area contributed by atoms with Crippen molar-refractivity contribution in [3.05, 3.63) is 23.5 Å². The van der Waals surface area contributed by atoms with E-state index in [1.807, 2.05) is 0 Å². The summed E-state index contributed by atoms with van der Waals surface area (Å²) in [7, 11) is 0. The molecule has 0 bridgehead atoms. The molecular weight excluding hydrogens is 183 g/mol. The Hall–Kier alpha value is -1.26. The van der Waals surface area contributed by atoms with Crippen LogP contribution < -0.4 is 0 Å². The van der Waals surface area contributed by atoms with Gasteiger partial charge in [0, 0.05) is 0 Å². The molecule has 0 amide bonds. The fraction of sp³-hybridized carbons (Fsp3) is 0.375. The van der Waals surface area contributed by atoms with Gasteiger partial charge in [0.05, 0.1) is 6.20 Å². The Bertz CT molecular complexity index is 309. The Morgan fingerprint density at radius 2 is 2.08 bits per heavy atom. The number of nitrogens with zero attached hydrogens (tertiary/aromatic N) is 1. The number of hydrogen-bond donors (Lipinski definition) is 1. The second-order valence-corrected chi connectivity index (χ2v) is 2.55. The molecule has 0 spiro atoms. The molecule has 0 aliphatic carbocycles. The monoisotopic (exact) mass is 191 g/mol. The van der Waals surface area contributed by atoms with E-state index in [9.17, 15) is 13.2 Å². The van der Waals surface area contributed by atoms with Crippen molar-refractivity contribution in [2.45, 2.75) is 19.5 Å². The molecule has 0 radical (unpaired) electrons. The first-order valence-corrected chi connectivity index (χ1v) is 3.70. The molecule has 0 atom stereocenters. The second kappa shape index (κ2) is 3.24. The van der Waals surface area contributed by atoms with Gasteiger partial charge in [-0.3, -0.25) is 0 Å². The van der Waals surface area contributed by atoms with Gasteiger partial charge in [-0.05, 0) is 18.1 Å². The lowest BCUT2D eigenvalue weighted by Gasteiger charge is -2.07. The zero-order chi connectivity index (χ0) is 10.1. The zero-order valence-electron chi connectivity index (χ0n) is 6.89. The number of pyridine rings is 1. The smallest absolute Gasteiger partial charge is 0.433 e. The minimum absolute atomic E-state index is 0.199. The Balaban J connectivity index is 3.14. The maximum atomic E-state index is 12.1. The first-order chi connectivity index (χ1) is 5.95. The number of aryl methyl sites for hydroxylation is 1. The molecule has 0 unspecified atom stereocenters. The highest BCUT2D eigenvalue weighted by Crippen LogP contribution is 2.30. The maximum Gasteiger partial charge on any atom is 0.433 e.